The van der Waals surface area contributed by atoms with Gasteiger partial charge in [-0.25, -0.2) is 8.78 Å². The Hall–Kier alpha value is -0.680. The van der Waals surface area contributed by atoms with Crippen LogP contribution in [0.1, 0.15) is 6.42 Å². The van der Waals surface area contributed by atoms with E-state index in [4.69, 9.17) is 9.47 Å². The maximum absolute atomic E-state index is 13.3. The zero-order valence-corrected chi connectivity index (χ0v) is 10.2. The number of hydrogen-bond acceptors (Lipinski definition) is 2. The summed E-state index contributed by atoms with van der Waals surface area (Å²) in [5.41, 5.74) is 0. The predicted octanol–water partition coefficient (Wildman–Crippen LogP) is 2.89. The fourth-order valence-corrected chi connectivity index (χ4v) is 2.60. The van der Waals surface area contributed by atoms with E-state index in [0.29, 0.717) is 6.42 Å². The second-order valence-corrected chi connectivity index (χ2v) is 4.86. The van der Waals surface area contributed by atoms with Crippen molar-refractivity contribution in [3.63, 3.8) is 0 Å². The molecule has 3 atom stereocenters. The van der Waals surface area contributed by atoms with E-state index in [1.807, 2.05) is 0 Å². The highest BCUT2D eigenvalue weighted by Gasteiger charge is 2.42. The van der Waals surface area contributed by atoms with Crippen LogP contribution in [0.4, 0.5) is 8.78 Å². The molecule has 88 valence electrons. The van der Waals surface area contributed by atoms with E-state index in [1.165, 1.54) is 0 Å². The number of halogens is 3. The molecule has 1 aromatic carbocycles. The highest BCUT2D eigenvalue weighted by molar-refractivity contribution is 9.09. The van der Waals surface area contributed by atoms with Crippen LogP contribution in [0, 0.1) is 11.6 Å². The maximum atomic E-state index is 13.3. The van der Waals surface area contributed by atoms with E-state index >= 15 is 0 Å². The van der Waals surface area contributed by atoms with Crippen LogP contribution >= 0.6 is 15.9 Å². The highest BCUT2D eigenvalue weighted by atomic mass is 79.9. The van der Waals surface area contributed by atoms with Gasteiger partial charge in [-0.15, -0.1) is 0 Å². The topological polar surface area (TPSA) is 18.5 Å². The molecule has 1 saturated carbocycles. The Bertz CT molecular complexity index is 386. The van der Waals surface area contributed by atoms with Crippen molar-refractivity contribution in [2.45, 2.75) is 23.5 Å². The minimum absolute atomic E-state index is 0.0635. The van der Waals surface area contributed by atoms with Crippen LogP contribution in [-0.2, 0) is 4.74 Å². The van der Waals surface area contributed by atoms with E-state index in [9.17, 15) is 8.78 Å². The van der Waals surface area contributed by atoms with Crippen molar-refractivity contribution in [3.8, 4) is 5.75 Å². The van der Waals surface area contributed by atoms with Gasteiger partial charge in [0.2, 0.25) is 0 Å². The largest absolute Gasteiger partial charge is 0.484 e. The molecule has 5 heteroatoms. The summed E-state index contributed by atoms with van der Waals surface area (Å²) in [6.07, 6.45) is 0.363. The Morgan fingerprint density at radius 3 is 2.75 bits per heavy atom. The molecule has 1 aromatic rings. The summed E-state index contributed by atoms with van der Waals surface area (Å²) in [4.78, 5) is 0.208. The van der Waals surface area contributed by atoms with Crippen molar-refractivity contribution >= 4 is 15.9 Å². The number of ether oxygens (including phenoxy) is 2. The van der Waals surface area contributed by atoms with Crippen LogP contribution < -0.4 is 4.74 Å². The van der Waals surface area contributed by atoms with Crippen molar-refractivity contribution in [3.05, 3.63) is 29.8 Å². The second-order valence-electron chi connectivity index (χ2n) is 3.68. The van der Waals surface area contributed by atoms with Crippen LogP contribution in [0.3, 0.4) is 0 Å². The van der Waals surface area contributed by atoms with E-state index < -0.39 is 11.6 Å². The van der Waals surface area contributed by atoms with Gasteiger partial charge < -0.3 is 9.47 Å². The molecule has 16 heavy (non-hydrogen) atoms. The van der Waals surface area contributed by atoms with Gasteiger partial charge in [0, 0.05) is 24.4 Å². The van der Waals surface area contributed by atoms with Crippen LogP contribution in [-0.4, -0.2) is 24.1 Å². The van der Waals surface area contributed by atoms with Gasteiger partial charge in [0.15, 0.2) is 11.6 Å². The molecule has 0 heterocycles. The molecule has 0 radical (unpaired) electrons. The van der Waals surface area contributed by atoms with E-state index in [1.54, 1.807) is 7.11 Å². The van der Waals surface area contributed by atoms with Gasteiger partial charge in [-0.3, -0.25) is 0 Å². The molecule has 2 rings (SSSR count). The third-order valence-electron chi connectivity index (χ3n) is 2.62. The summed E-state index contributed by atoms with van der Waals surface area (Å²) in [5, 5.41) is 0. The quantitative estimate of drug-likeness (QED) is 0.798. The SMILES string of the molecule is COC1C(Br)CC1Oc1cc(F)ccc1F. The summed E-state index contributed by atoms with van der Waals surface area (Å²) >= 11 is 3.40. The molecule has 0 saturated heterocycles. The number of rotatable bonds is 3. The Morgan fingerprint density at radius 2 is 2.12 bits per heavy atom. The first-order valence-electron chi connectivity index (χ1n) is 4.90. The molecule has 0 bridgehead atoms. The third kappa shape index (κ3) is 2.20. The van der Waals surface area contributed by atoms with Gasteiger partial charge in [0.05, 0.1) is 0 Å². The lowest BCUT2D eigenvalue weighted by molar-refractivity contribution is -0.0558. The van der Waals surface area contributed by atoms with Gasteiger partial charge in [0.1, 0.15) is 18.0 Å². The van der Waals surface area contributed by atoms with Gasteiger partial charge in [0.25, 0.3) is 0 Å². The molecular weight excluding hydrogens is 282 g/mol. The molecular formula is C11H11BrF2O2. The van der Waals surface area contributed by atoms with Gasteiger partial charge in [-0.05, 0) is 12.1 Å². The lowest BCUT2D eigenvalue weighted by atomic mass is 9.91. The minimum atomic E-state index is -0.561. The molecule has 2 nitrogen and oxygen atoms in total. The third-order valence-corrected chi connectivity index (χ3v) is 3.52. The van der Waals surface area contributed by atoms with E-state index in [2.05, 4.69) is 15.9 Å². The number of methoxy groups -OCH3 is 1. The summed E-state index contributed by atoms with van der Waals surface area (Å²) in [6, 6.07) is 3.16. The molecule has 0 spiro atoms. The summed E-state index contributed by atoms with van der Waals surface area (Å²) < 4.78 is 36.7. The Labute approximate surface area is 101 Å². The Morgan fingerprint density at radius 1 is 1.38 bits per heavy atom. The minimum Gasteiger partial charge on any atom is -0.484 e. The van der Waals surface area contributed by atoms with E-state index in [-0.39, 0.29) is 22.8 Å². The lowest BCUT2D eigenvalue weighted by Crippen LogP contribution is -2.52. The van der Waals surface area contributed by atoms with Crippen molar-refractivity contribution in [1.29, 1.82) is 0 Å². The number of hydrogen-bond donors (Lipinski definition) is 0. The van der Waals surface area contributed by atoms with Crippen LogP contribution in [0.2, 0.25) is 0 Å². The zero-order chi connectivity index (χ0) is 11.7. The maximum Gasteiger partial charge on any atom is 0.165 e. The Kier molecular flexibility index (Phi) is 3.44. The van der Waals surface area contributed by atoms with Crippen LogP contribution in [0.25, 0.3) is 0 Å². The predicted molar refractivity (Wildman–Crippen MR) is 58.9 cm³/mol. The fraction of sp³-hybridized carbons (Fsp3) is 0.455. The molecule has 3 unspecified atom stereocenters. The average Bonchev–Trinajstić information content (AvgIpc) is 2.23. The zero-order valence-electron chi connectivity index (χ0n) is 8.62. The van der Waals surface area contributed by atoms with Crippen molar-refractivity contribution in [1.82, 2.24) is 0 Å². The first kappa shape index (κ1) is 11.8. The summed E-state index contributed by atoms with van der Waals surface area (Å²) in [6.45, 7) is 0. The van der Waals surface area contributed by atoms with Gasteiger partial charge in [-0.2, -0.15) is 0 Å². The number of benzene rings is 1. The standard InChI is InChI=1S/C11H11BrF2O2/c1-15-11-7(12)5-10(11)16-9-4-6(13)2-3-8(9)14/h2-4,7,10-11H,5H2,1H3. The van der Waals surface area contributed by atoms with Gasteiger partial charge in [-0.1, -0.05) is 15.9 Å². The smallest absolute Gasteiger partial charge is 0.165 e. The molecule has 1 fully saturated rings. The molecule has 0 aliphatic heterocycles. The van der Waals surface area contributed by atoms with Crippen molar-refractivity contribution in [2.75, 3.05) is 7.11 Å². The molecule has 0 N–H and O–H groups in total. The number of alkyl halides is 1. The van der Waals surface area contributed by atoms with Crippen molar-refractivity contribution in [2.24, 2.45) is 0 Å². The average molecular weight is 293 g/mol. The fourth-order valence-electron chi connectivity index (χ4n) is 1.67. The Balaban J connectivity index is 2.07. The first-order valence-corrected chi connectivity index (χ1v) is 5.82. The van der Waals surface area contributed by atoms with Crippen LogP contribution in [0.15, 0.2) is 18.2 Å². The summed E-state index contributed by atoms with van der Waals surface area (Å²) in [5.74, 6) is -1.14. The molecule has 0 amide bonds. The first-order chi connectivity index (χ1) is 7.61. The normalized spacial score (nSPS) is 28.6. The summed E-state index contributed by atoms with van der Waals surface area (Å²) in [7, 11) is 1.57. The second kappa shape index (κ2) is 4.67. The highest BCUT2D eigenvalue weighted by Crippen LogP contribution is 2.34. The molecule has 1 aliphatic rings. The molecule has 0 aromatic heterocycles. The van der Waals surface area contributed by atoms with Crippen LogP contribution in [0.5, 0.6) is 5.75 Å². The van der Waals surface area contributed by atoms with Gasteiger partial charge >= 0.3 is 0 Å². The monoisotopic (exact) mass is 292 g/mol. The van der Waals surface area contributed by atoms with Crippen molar-refractivity contribution < 1.29 is 18.3 Å². The lowest BCUT2D eigenvalue weighted by Gasteiger charge is -2.40. The van der Waals surface area contributed by atoms with E-state index in [0.717, 1.165) is 18.2 Å². The molecule has 1 aliphatic carbocycles.